The summed E-state index contributed by atoms with van der Waals surface area (Å²) in [6.07, 6.45) is 0. The summed E-state index contributed by atoms with van der Waals surface area (Å²) < 4.78 is 7.06. The molecule has 0 unspecified atom stereocenters. The van der Waals surface area contributed by atoms with Gasteiger partial charge in [0.15, 0.2) is 5.58 Å². The number of para-hydroxylation sites is 2. The highest BCUT2D eigenvalue weighted by Gasteiger charge is 2.09. The summed E-state index contributed by atoms with van der Waals surface area (Å²) >= 11 is 0. The molecule has 3 rings (SSSR count). The van der Waals surface area contributed by atoms with Crippen LogP contribution in [0.4, 0.5) is 5.95 Å². The molecule has 3 aromatic rings. The van der Waals surface area contributed by atoms with Crippen LogP contribution in [-0.2, 0) is 0 Å². The van der Waals surface area contributed by atoms with E-state index >= 15 is 0 Å². The second kappa shape index (κ2) is 2.01. The van der Waals surface area contributed by atoms with Crippen LogP contribution in [0.1, 0.15) is 0 Å². The molecule has 0 aliphatic heterocycles. The molecule has 0 saturated heterocycles. The maximum absolute atomic E-state index is 5.62. The van der Waals surface area contributed by atoms with Gasteiger partial charge in [-0.15, -0.1) is 5.10 Å². The van der Waals surface area contributed by atoms with Crippen molar-refractivity contribution in [2.45, 2.75) is 0 Å². The Hall–Kier alpha value is -2.04. The van der Waals surface area contributed by atoms with Gasteiger partial charge < -0.3 is 10.2 Å². The van der Waals surface area contributed by atoms with Crippen LogP contribution in [0.15, 0.2) is 28.7 Å². The van der Waals surface area contributed by atoms with Crippen molar-refractivity contribution in [2.75, 3.05) is 5.73 Å². The van der Waals surface area contributed by atoms with Gasteiger partial charge in [-0.05, 0) is 12.1 Å². The molecular formula is C8H6N4O. The van der Waals surface area contributed by atoms with E-state index in [4.69, 9.17) is 10.2 Å². The molecule has 0 saturated carbocycles. The van der Waals surface area contributed by atoms with Gasteiger partial charge in [-0.1, -0.05) is 17.2 Å². The van der Waals surface area contributed by atoms with E-state index in [0.717, 1.165) is 11.1 Å². The van der Waals surface area contributed by atoms with Gasteiger partial charge in [-0.2, -0.15) is 0 Å². The number of hydrogen-bond donors (Lipinski definition) is 1. The van der Waals surface area contributed by atoms with Crippen molar-refractivity contribution >= 4 is 22.9 Å². The lowest BCUT2D eigenvalue weighted by Crippen LogP contribution is -1.91. The number of oxazole rings is 1. The van der Waals surface area contributed by atoms with Crippen molar-refractivity contribution in [1.82, 2.24) is 14.6 Å². The lowest BCUT2D eigenvalue weighted by molar-refractivity contribution is 0.638. The SMILES string of the molecule is Nc1nnc2oc3ccccc3n12. The van der Waals surface area contributed by atoms with Crippen LogP contribution in [0.3, 0.4) is 0 Å². The van der Waals surface area contributed by atoms with Crippen LogP contribution < -0.4 is 5.73 Å². The molecule has 0 atom stereocenters. The third-order valence-corrected chi connectivity index (χ3v) is 1.97. The highest BCUT2D eigenvalue weighted by molar-refractivity contribution is 5.77. The summed E-state index contributed by atoms with van der Waals surface area (Å²) in [6, 6.07) is 7.58. The number of rotatable bonds is 0. The summed E-state index contributed by atoms with van der Waals surface area (Å²) in [6.45, 7) is 0. The number of anilines is 1. The zero-order valence-electron chi connectivity index (χ0n) is 6.64. The zero-order chi connectivity index (χ0) is 8.84. The van der Waals surface area contributed by atoms with Gasteiger partial charge in [0, 0.05) is 0 Å². The quantitative estimate of drug-likeness (QED) is 0.553. The summed E-state index contributed by atoms with van der Waals surface area (Å²) in [5.41, 5.74) is 7.27. The van der Waals surface area contributed by atoms with E-state index in [-0.39, 0.29) is 0 Å². The van der Waals surface area contributed by atoms with Crippen molar-refractivity contribution in [3.8, 4) is 0 Å². The van der Waals surface area contributed by atoms with Crippen LogP contribution in [-0.4, -0.2) is 14.6 Å². The Balaban J connectivity index is 2.66. The Morgan fingerprint density at radius 1 is 1.23 bits per heavy atom. The van der Waals surface area contributed by atoms with E-state index in [2.05, 4.69) is 10.2 Å². The lowest BCUT2D eigenvalue weighted by Gasteiger charge is -1.87. The topological polar surface area (TPSA) is 69.3 Å². The maximum Gasteiger partial charge on any atom is 0.329 e. The molecule has 5 nitrogen and oxygen atoms in total. The van der Waals surface area contributed by atoms with Crippen molar-refractivity contribution in [3.63, 3.8) is 0 Å². The number of benzene rings is 1. The molecule has 13 heavy (non-hydrogen) atoms. The number of fused-ring (bicyclic) bond motifs is 3. The fourth-order valence-corrected chi connectivity index (χ4v) is 1.40. The largest absolute Gasteiger partial charge is 0.422 e. The minimum Gasteiger partial charge on any atom is -0.422 e. The van der Waals surface area contributed by atoms with E-state index in [1.54, 1.807) is 4.40 Å². The molecule has 2 heterocycles. The van der Waals surface area contributed by atoms with Gasteiger partial charge in [0.1, 0.15) is 0 Å². The van der Waals surface area contributed by atoms with Gasteiger partial charge in [0.25, 0.3) is 0 Å². The van der Waals surface area contributed by atoms with E-state index in [0.29, 0.717) is 11.8 Å². The number of aromatic nitrogens is 3. The van der Waals surface area contributed by atoms with Gasteiger partial charge >= 0.3 is 5.84 Å². The normalized spacial score (nSPS) is 11.4. The van der Waals surface area contributed by atoms with Crippen LogP contribution in [0, 0.1) is 0 Å². The highest BCUT2D eigenvalue weighted by Crippen LogP contribution is 2.20. The Kier molecular flexibility index (Phi) is 0.999. The summed E-state index contributed by atoms with van der Waals surface area (Å²) in [5.74, 6) is 0.777. The second-order valence-electron chi connectivity index (χ2n) is 2.75. The van der Waals surface area contributed by atoms with Crippen LogP contribution >= 0.6 is 0 Å². The fraction of sp³-hybridized carbons (Fsp3) is 0. The molecule has 0 spiro atoms. The van der Waals surface area contributed by atoms with Crippen molar-refractivity contribution in [2.24, 2.45) is 0 Å². The van der Waals surface area contributed by atoms with Crippen LogP contribution in [0.2, 0.25) is 0 Å². The molecule has 2 aromatic heterocycles. The smallest absolute Gasteiger partial charge is 0.329 e. The number of nitrogens with two attached hydrogens (primary N) is 1. The Morgan fingerprint density at radius 2 is 2.08 bits per heavy atom. The molecule has 5 heteroatoms. The van der Waals surface area contributed by atoms with E-state index in [1.165, 1.54) is 0 Å². The second-order valence-corrected chi connectivity index (χ2v) is 2.75. The molecule has 64 valence electrons. The molecule has 0 aliphatic rings. The Morgan fingerprint density at radius 3 is 3.00 bits per heavy atom. The zero-order valence-corrected chi connectivity index (χ0v) is 6.64. The van der Waals surface area contributed by atoms with E-state index in [9.17, 15) is 0 Å². The first-order valence-corrected chi connectivity index (χ1v) is 3.84. The third kappa shape index (κ3) is 0.703. The third-order valence-electron chi connectivity index (χ3n) is 1.97. The summed E-state index contributed by atoms with van der Waals surface area (Å²) in [4.78, 5) is 0. The first-order chi connectivity index (χ1) is 6.36. The lowest BCUT2D eigenvalue weighted by atomic mass is 10.3. The minimum atomic E-state index is 0.347. The number of nitrogen functional groups attached to an aromatic ring is 1. The summed E-state index contributed by atoms with van der Waals surface area (Å²) in [5, 5.41) is 7.48. The molecule has 1 aromatic carbocycles. The predicted molar refractivity (Wildman–Crippen MR) is 47.2 cm³/mol. The first-order valence-electron chi connectivity index (χ1n) is 3.84. The average Bonchev–Trinajstić information content (AvgIpc) is 2.66. The van der Waals surface area contributed by atoms with Crippen molar-refractivity contribution < 1.29 is 4.42 Å². The van der Waals surface area contributed by atoms with Crippen LogP contribution in [0.25, 0.3) is 16.9 Å². The highest BCUT2D eigenvalue weighted by atomic mass is 16.4. The molecule has 0 aliphatic carbocycles. The van der Waals surface area contributed by atoms with E-state index in [1.807, 2.05) is 24.3 Å². The molecule has 0 fully saturated rings. The standard InChI is InChI=1S/C8H6N4O/c9-7-10-11-8-12(7)5-3-1-2-4-6(5)13-8/h1-4H,(H2,9,10). The molecular weight excluding hydrogens is 168 g/mol. The van der Waals surface area contributed by atoms with Crippen molar-refractivity contribution in [3.05, 3.63) is 24.3 Å². The average molecular weight is 174 g/mol. The number of hydrogen-bond acceptors (Lipinski definition) is 4. The molecule has 0 radical (unpaired) electrons. The molecule has 2 N–H and O–H groups in total. The summed E-state index contributed by atoms with van der Waals surface area (Å²) in [7, 11) is 0. The molecule has 0 amide bonds. The van der Waals surface area contributed by atoms with Gasteiger partial charge in [0.05, 0.1) is 5.52 Å². The fourth-order valence-electron chi connectivity index (χ4n) is 1.40. The van der Waals surface area contributed by atoms with Crippen LogP contribution in [0.5, 0.6) is 0 Å². The Bertz CT molecular complexity index is 580. The first kappa shape index (κ1) is 6.47. The molecule has 0 bridgehead atoms. The van der Waals surface area contributed by atoms with Gasteiger partial charge in [-0.25, -0.2) is 4.40 Å². The van der Waals surface area contributed by atoms with Crippen molar-refractivity contribution in [1.29, 1.82) is 0 Å². The Labute approximate surface area is 72.8 Å². The van der Waals surface area contributed by atoms with E-state index < -0.39 is 0 Å². The monoisotopic (exact) mass is 174 g/mol. The predicted octanol–water partition coefficient (Wildman–Crippen LogP) is 1.06. The number of nitrogens with zero attached hydrogens (tertiary/aromatic N) is 3. The van der Waals surface area contributed by atoms with Gasteiger partial charge in [0.2, 0.25) is 5.95 Å². The maximum atomic E-state index is 5.62. The minimum absolute atomic E-state index is 0.347. The van der Waals surface area contributed by atoms with Gasteiger partial charge in [-0.3, -0.25) is 0 Å².